The molecule has 0 aliphatic rings. The number of fused-ring (bicyclic) bond motifs is 1. The number of hydrogen-bond acceptors (Lipinski definition) is 6. The maximum atomic E-state index is 5.67. The van der Waals surface area contributed by atoms with Crippen molar-refractivity contribution >= 4 is 22.4 Å². The summed E-state index contributed by atoms with van der Waals surface area (Å²) < 4.78 is 5.38. The van der Waals surface area contributed by atoms with Crippen LogP contribution in [0.15, 0.2) is 52.6 Å². The Kier molecular flexibility index (Phi) is 2.49. The first-order chi connectivity index (χ1) is 9.92. The highest BCUT2D eigenvalue weighted by Crippen LogP contribution is 2.32. The van der Waals surface area contributed by atoms with Crippen LogP contribution < -0.4 is 4.84 Å². The molecule has 0 fully saturated rings. The number of nitrogens with zero attached hydrogens (tertiary/aromatic N) is 4. The zero-order valence-electron chi connectivity index (χ0n) is 10.1. The summed E-state index contributed by atoms with van der Waals surface area (Å²) in [4.78, 5) is 12.0. The van der Waals surface area contributed by atoms with Gasteiger partial charge in [-0.1, -0.05) is 23.0 Å². The first-order valence-electron chi connectivity index (χ1n) is 5.88. The Bertz CT molecular complexity index is 850. The second-order valence-corrected chi connectivity index (χ2v) is 4.95. The minimum atomic E-state index is 0.364. The minimum absolute atomic E-state index is 0.364. The van der Waals surface area contributed by atoms with E-state index in [1.54, 1.807) is 11.3 Å². The number of para-hydroxylation sites is 1. The van der Waals surface area contributed by atoms with Crippen molar-refractivity contribution in [3.63, 3.8) is 0 Å². The summed E-state index contributed by atoms with van der Waals surface area (Å²) in [5.41, 5.74) is 1.53. The van der Waals surface area contributed by atoms with Crippen molar-refractivity contribution < 1.29 is 9.25 Å². The maximum Gasteiger partial charge on any atom is 0.296 e. The highest BCUT2D eigenvalue weighted by Gasteiger charge is 2.16. The van der Waals surface area contributed by atoms with E-state index in [0.29, 0.717) is 11.6 Å². The fourth-order valence-corrected chi connectivity index (χ4v) is 2.57. The van der Waals surface area contributed by atoms with Crippen LogP contribution in [0.25, 0.3) is 21.7 Å². The molecular formula is C13H8N4O2S. The SMILES string of the molecule is c1csc(-c2ocnc2On2nnc3ccccc32)c1. The predicted molar refractivity (Wildman–Crippen MR) is 73.4 cm³/mol. The van der Waals surface area contributed by atoms with Crippen LogP contribution in [0.4, 0.5) is 0 Å². The first kappa shape index (κ1) is 11.2. The summed E-state index contributed by atoms with van der Waals surface area (Å²) in [6.45, 7) is 0. The largest absolute Gasteiger partial charge is 0.438 e. The van der Waals surface area contributed by atoms with Gasteiger partial charge in [0.25, 0.3) is 5.88 Å². The summed E-state index contributed by atoms with van der Waals surface area (Å²) in [6.07, 6.45) is 1.35. The lowest BCUT2D eigenvalue weighted by Gasteiger charge is -2.02. The molecule has 1 aromatic carbocycles. The molecule has 4 rings (SSSR count). The number of oxazole rings is 1. The topological polar surface area (TPSA) is 66.0 Å². The van der Waals surface area contributed by atoms with Crippen molar-refractivity contribution in [3.05, 3.63) is 48.2 Å². The van der Waals surface area contributed by atoms with E-state index in [1.165, 1.54) is 11.2 Å². The van der Waals surface area contributed by atoms with Crippen LogP contribution in [0, 0.1) is 0 Å². The Morgan fingerprint density at radius 1 is 1.15 bits per heavy atom. The van der Waals surface area contributed by atoms with Gasteiger partial charge in [0.05, 0.1) is 4.88 Å². The Hall–Kier alpha value is -2.67. The molecule has 0 radical (unpaired) electrons. The van der Waals surface area contributed by atoms with Crippen LogP contribution in [0.3, 0.4) is 0 Å². The zero-order valence-corrected chi connectivity index (χ0v) is 10.9. The molecule has 7 heteroatoms. The quantitative estimate of drug-likeness (QED) is 0.578. The van der Waals surface area contributed by atoms with Gasteiger partial charge in [-0.25, -0.2) is 0 Å². The van der Waals surface area contributed by atoms with Crippen molar-refractivity contribution in [2.24, 2.45) is 0 Å². The Labute approximate surface area is 117 Å². The molecule has 4 aromatic rings. The molecule has 0 amide bonds. The summed E-state index contributed by atoms with van der Waals surface area (Å²) in [5.74, 6) is 0.947. The molecule has 20 heavy (non-hydrogen) atoms. The monoisotopic (exact) mass is 284 g/mol. The third-order valence-electron chi connectivity index (χ3n) is 2.77. The van der Waals surface area contributed by atoms with Crippen molar-refractivity contribution in [3.8, 4) is 16.5 Å². The predicted octanol–water partition coefficient (Wildman–Crippen LogP) is 2.99. The van der Waals surface area contributed by atoms with Crippen LogP contribution in [-0.2, 0) is 0 Å². The Balaban J connectivity index is 1.75. The van der Waals surface area contributed by atoms with Crippen LogP contribution in [-0.4, -0.2) is 20.1 Å². The molecule has 0 atom stereocenters. The van der Waals surface area contributed by atoms with Gasteiger partial charge >= 0.3 is 0 Å². The van der Waals surface area contributed by atoms with Gasteiger partial charge in [0.2, 0.25) is 5.76 Å². The lowest BCUT2D eigenvalue weighted by molar-refractivity contribution is 0.177. The second kappa shape index (κ2) is 4.46. The molecule has 0 saturated heterocycles. The maximum absolute atomic E-state index is 5.67. The van der Waals surface area contributed by atoms with Gasteiger partial charge in [-0.3, -0.25) is 0 Å². The van der Waals surface area contributed by atoms with E-state index in [9.17, 15) is 0 Å². The lowest BCUT2D eigenvalue weighted by Crippen LogP contribution is -2.07. The number of rotatable bonds is 3. The molecule has 0 spiro atoms. The molecule has 0 aliphatic carbocycles. The molecule has 0 aliphatic heterocycles. The van der Waals surface area contributed by atoms with Crippen molar-refractivity contribution in [1.29, 1.82) is 0 Å². The number of hydrogen-bond donors (Lipinski definition) is 0. The molecule has 0 unspecified atom stereocenters. The molecule has 3 aromatic heterocycles. The van der Waals surface area contributed by atoms with Gasteiger partial charge in [-0.2, -0.15) is 4.98 Å². The molecule has 98 valence electrons. The summed E-state index contributed by atoms with van der Waals surface area (Å²) in [6, 6.07) is 11.4. The number of benzene rings is 1. The van der Waals surface area contributed by atoms with E-state index in [1.807, 2.05) is 41.8 Å². The average molecular weight is 284 g/mol. The summed E-state index contributed by atoms with van der Waals surface area (Å²) in [7, 11) is 0. The van der Waals surface area contributed by atoms with Gasteiger partial charge in [0.15, 0.2) is 6.39 Å². The van der Waals surface area contributed by atoms with E-state index < -0.39 is 0 Å². The van der Waals surface area contributed by atoms with E-state index in [4.69, 9.17) is 9.25 Å². The third kappa shape index (κ3) is 1.76. The third-order valence-corrected chi connectivity index (χ3v) is 3.64. The highest BCUT2D eigenvalue weighted by molar-refractivity contribution is 7.13. The van der Waals surface area contributed by atoms with Gasteiger partial charge < -0.3 is 9.25 Å². The minimum Gasteiger partial charge on any atom is -0.438 e. The van der Waals surface area contributed by atoms with Gasteiger partial charge in [-0.05, 0) is 28.8 Å². The van der Waals surface area contributed by atoms with E-state index >= 15 is 0 Å². The number of thiophene rings is 1. The fraction of sp³-hybridized carbons (Fsp3) is 0. The molecule has 0 saturated carbocycles. The Morgan fingerprint density at radius 2 is 2.10 bits per heavy atom. The highest BCUT2D eigenvalue weighted by atomic mass is 32.1. The van der Waals surface area contributed by atoms with E-state index in [-0.39, 0.29) is 0 Å². The zero-order chi connectivity index (χ0) is 13.4. The van der Waals surface area contributed by atoms with Crippen LogP contribution in [0.1, 0.15) is 0 Å². The van der Waals surface area contributed by atoms with Crippen molar-refractivity contribution in [2.45, 2.75) is 0 Å². The molecule has 3 heterocycles. The lowest BCUT2D eigenvalue weighted by atomic mass is 10.3. The van der Waals surface area contributed by atoms with Crippen molar-refractivity contribution in [1.82, 2.24) is 20.1 Å². The second-order valence-electron chi connectivity index (χ2n) is 4.01. The van der Waals surface area contributed by atoms with Gasteiger partial charge in [0, 0.05) is 0 Å². The summed E-state index contributed by atoms with van der Waals surface area (Å²) >= 11 is 1.55. The summed E-state index contributed by atoms with van der Waals surface area (Å²) in [5, 5.41) is 9.95. The van der Waals surface area contributed by atoms with Gasteiger partial charge in [-0.15, -0.1) is 16.4 Å². The first-order valence-corrected chi connectivity index (χ1v) is 6.76. The number of aromatic nitrogens is 4. The fourth-order valence-electron chi connectivity index (χ4n) is 1.87. The molecule has 0 bridgehead atoms. The molecular weight excluding hydrogens is 276 g/mol. The molecule has 0 N–H and O–H groups in total. The molecule has 6 nitrogen and oxygen atoms in total. The van der Waals surface area contributed by atoms with E-state index in [0.717, 1.165) is 15.9 Å². The van der Waals surface area contributed by atoms with Crippen LogP contribution in [0.2, 0.25) is 0 Å². The van der Waals surface area contributed by atoms with E-state index in [2.05, 4.69) is 15.3 Å². The smallest absolute Gasteiger partial charge is 0.296 e. The van der Waals surface area contributed by atoms with Gasteiger partial charge in [0.1, 0.15) is 11.0 Å². The standard InChI is InChI=1S/C13H8N4O2S/c1-2-5-10-9(4-1)15-16-17(10)19-13-12(18-8-14-13)11-6-3-7-20-11/h1-8H. The van der Waals surface area contributed by atoms with Crippen LogP contribution >= 0.6 is 11.3 Å². The average Bonchev–Trinajstić information content (AvgIpc) is 3.19. The normalized spacial score (nSPS) is 11.0. The Morgan fingerprint density at radius 3 is 3.00 bits per heavy atom. The van der Waals surface area contributed by atoms with Crippen molar-refractivity contribution in [2.75, 3.05) is 0 Å². The van der Waals surface area contributed by atoms with Crippen LogP contribution in [0.5, 0.6) is 5.88 Å².